The summed E-state index contributed by atoms with van der Waals surface area (Å²) in [6.45, 7) is 2.84. The van der Waals surface area contributed by atoms with Crippen molar-refractivity contribution in [3.63, 3.8) is 0 Å². The number of hydrogen-bond acceptors (Lipinski definition) is 7. The molecule has 3 N–H and O–H groups in total. The average Bonchev–Trinajstić information content (AvgIpc) is 3.20. The smallest absolute Gasteiger partial charge is 0.312 e. The van der Waals surface area contributed by atoms with Gasteiger partial charge in [0.25, 0.3) is 11.5 Å². The second kappa shape index (κ2) is 10.7. The van der Waals surface area contributed by atoms with Crippen molar-refractivity contribution in [1.82, 2.24) is 30.0 Å². The number of carbonyl (C=O) groups excluding carboxylic acids is 4. The molecule has 2 fully saturated rings. The Morgan fingerprint density at radius 3 is 2.30 bits per heavy atom. The number of aromatic nitrogens is 2. The largest absolute Gasteiger partial charge is 0.501 e. The van der Waals surface area contributed by atoms with Gasteiger partial charge in [-0.3, -0.25) is 28.5 Å². The van der Waals surface area contributed by atoms with Gasteiger partial charge in [0.2, 0.25) is 11.7 Å². The highest BCUT2D eigenvalue weighted by Crippen LogP contribution is 2.43. The molecule has 2 aromatic rings. The molecule has 1 aromatic heterocycles. The Labute approximate surface area is 229 Å². The standard InChI is InChI=1S/C27H31FN6O6/c1-16(35)32-10-12-33(13-11-32)25(40)23(38)31-27-8-6-18(7-9-27)15-34-24(39)21(36)20(30-26(27)34)22(37)29-14-17-2-4-19(28)5-3-17/h2-5,18,36H,6-15H2,1H3,(H,29,37)(H,31,38). The minimum atomic E-state index is -1.18. The number of fused-ring (bicyclic) bond motifs is 2. The van der Waals surface area contributed by atoms with E-state index in [1.807, 2.05) is 0 Å². The highest BCUT2D eigenvalue weighted by Gasteiger charge is 2.47. The predicted octanol–water partition coefficient (Wildman–Crippen LogP) is 0.224. The summed E-state index contributed by atoms with van der Waals surface area (Å²) >= 11 is 0. The van der Waals surface area contributed by atoms with Crippen molar-refractivity contribution >= 4 is 23.6 Å². The molecule has 1 saturated carbocycles. The Morgan fingerprint density at radius 1 is 1.05 bits per heavy atom. The van der Waals surface area contributed by atoms with Gasteiger partial charge in [0, 0.05) is 46.2 Å². The lowest BCUT2D eigenvalue weighted by Crippen LogP contribution is -2.57. The van der Waals surface area contributed by atoms with E-state index in [4.69, 9.17) is 0 Å². The molecule has 40 heavy (non-hydrogen) atoms. The third-order valence-corrected chi connectivity index (χ3v) is 8.11. The number of nitrogens with one attached hydrogen (secondary N) is 2. The highest BCUT2D eigenvalue weighted by atomic mass is 19.1. The van der Waals surface area contributed by atoms with Crippen molar-refractivity contribution in [2.45, 2.75) is 51.2 Å². The van der Waals surface area contributed by atoms with Gasteiger partial charge in [0.15, 0.2) is 5.69 Å². The van der Waals surface area contributed by atoms with Gasteiger partial charge in [-0.2, -0.15) is 0 Å². The van der Waals surface area contributed by atoms with Crippen molar-refractivity contribution < 1.29 is 28.7 Å². The molecule has 0 unspecified atom stereocenters. The van der Waals surface area contributed by atoms with Gasteiger partial charge in [-0.1, -0.05) is 12.1 Å². The number of amides is 4. The SMILES string of the molecule is CC(=O)N1CCN(C(=O)C(=O)NC23CCC(CC2)Cn2c3nc(C(=O)NCc3ccc(F)cc3)c(O)c2=O)CC1. The van der Waals surface area contributed by atoms with Crippen molar-refractivity contribution in [3.8, 4) is 5.75 Å². The first-order chi connectivity index (χ1) is 19.1. The van der Waals surface area contributed by atoms with Crippen molar-refractivity contribution in [1.29, 1.82) is 0 Å². The maximum atomic E-state index is 13.2. The molecule has 6 rings (SSSR count). The maximum Gasteiger partial charge on any atom is 0.312 e. The van der Waals surface area contributed by atoms with Gasteiger partial charge in [-0.25, -0.2) is 9.37 Å². The molecular formula is C27H31FN6O6. The van der Waals surface area contributed by atoms with Crippen molar-refractivity contribution in [2.24, 2.45) is 5.92 Å². The van der Waals surface area contributed by atoms with Crippen molar-refractivity contribution in [2.75, 3.05) is 26.2 Å². The Balaban J connectivity index is 1.40. The van der Waals surface area contributed by atoms with E-state index >= 15 is 0 Å². The number of aromatic hydroxyl groups is 1. The summed E-state index contributed by atoms with van der Waals surface area (Å²) < 4.78 is 14.5. The molecule has 4 aliphatic rings. The third kappa shape index (κ3) is 5.15. The number of halogens is 1. The Kier molecular flexibility index (Phi) is 7.30. The zero-order chi connectivity index (χ0) is 28.6. The van der Waals surface area contributed by atoms with Crippen LogP contribution in [-0.4, -0.2) is 74.3 Å². The van der Waals surface area contributed by atoms with Gasteiger partial charge in [-0.05, 0) is 49.3 Å². The van der Waals surface area contributed by atoms with Crippen LogP contribution in [0.15, 0.2) is 29.1 Å². The fraction of sp³-hybridized carbons (Fsp3) is 0.481. The first-order valence-corrected chi connectivity index (χ1v) is 13.3. The summed E-state index contributed by atoms with van der Waals surface area (Å²) in [6.07, 6.45) is 2.12. The Bertz CT molecular complexity index is 1410. The van der Waals surface area contributed by atoms with E-state index in [0.717, 1.165) is 0 Å². The average molecular weight is 555 g/mol. The second-order valence-corrected chi connectivity index (χ2v) is 10.6. The summed E-state index contributed by atoms with van der Waals surface area (Å²) in [7, 11) is 0. The second-order valence-electron chi connectivity index (χ2n) is 10.6. The monoisotopic (exact) mass is 554 g/mol. The highest BCUT2D eigenvalue weighted by molar-refractivity contribution is 6.35. The molecule has 1 aliphatic carbocycles. The quantitative estimate of drug-likeness (QED) is 0.457. The lowest BCUT2D eigenvalue weighted by atomic mass is 9.77. The van der Waals surface area contributed by atoms with Gasteiger partial charge in [0.05, 0.1) is 5.54 Å². The molecule has 12 nitrogen and oxygen atoms in total. The number of benzene rings is 1. The Hall–Kier alpha value is -4.29. The van der Waals surface area contributed by atoms with Crippen LogP contribution in [0.5, 0.6) is 5.75 Å². The fourth-order valence-electron chi connectivity index (χ4n) is 5.76. The van der Waals surface area contributed by atoms with E-state index in [1.54, 1.807) is 4.90 Å². The van der Waals surface area contributed by atoms with E-state index in [0.29, 0.717) is 44.3 Å². The van der Waals surface area contributed by atoms with Crippen LogP contribution in [-0.2, 0) is 33.0 Å². The van der Waals surface area contributed by atoms with E-state index in [1.165, 1.54) is 40.7 Å². The van der Waals surface area contributed by atoms with Gasteiger partial charge in [0.1, 0.15) is 11.6 Å². The number of nitrogens with zero attached hydrogens (tertiary/aromatic N) is 4. The van der Waals surface area contributed by atoms with Gasteiger partial charge < -0.3 is 25.5 Å². The number of carbonyl (C=O) groups is 4. The van der Waals surface area contributed by atoms with Crippen LogP contribution in [0.1, 0.15) is 54.5 Å². The number of rotatable bonds is 4. The van der Waals surface area contributed by atoms with Crippen LogP contribution in [0.3, 0.4) is 0 Å². The summed E-state index contributed by atoms with van der Waals surface area (Å²) in [5.74, 6) is -3.48. The molecule has 4 amide bonds. The molecule has 2 bridgehead atoms. The van der Waals surface area contributed by atoms with Crippen LogP contribution in [0.2, 0.25) is 0 Å². The zero-order valence-electron chi connectivity index (χ0n) is 22.1. The van der Waals surface area contributed by atoms with Crippen LogP contribution in [0, 0.1) is 11.7 Å². The van der Waals surface area contributed by atoms with Crippen LogP contribution >= 0.6 is 0 Å². The maximum absolute atomic E-state index is 13.2. The first-order valence-electron chi connectivity index (χ1n) is 13.3. The van der Waals surface area contributed by atoms with Crippen LogP contribution < -0.4 is 16.2 Å². The summed E-state index contributed by atoms with van der Waals surface area (Å²) in [6, 6.07) is 5.49. The molecule has 0 atom stereocenters. The van der Waals surface area contributed by atoms with E-state index < -0.39 is 46.1 Å². The van der Waals surface area contributed by atoms with Gasteiger partial charge >= 0.3 is 11.8 Å². The first kappa shape index (κ1) is 27.3. The molecule has 4 heterocycles. The lowest BCUT2D eigenvalue weighted by Gasteiger charge is -2.38. The number of hydrogen-bond donors (Lipinski definition) is 3. The summed E-state index contributed by atoms with van der Waals surface area (Å²) in [5, 5.41) is 16.1. The Morgan fingerprint density at radius 2 is 1.68 bits per heavy atom. The lowest BCUT2D eigenvalue weighted by molar-refractivity contribution is -0.149. The van der Waals surface area contributed by atoms with Crippen LogP contribution in [0.25, 0.3) is 0 Å². The van der Waals surface area contributed by atoms with E-state index in [2.05, 4.69) is 15.6 Å². The minimum absolute atomic E-state index is 0.00793. The fourth-order valence-corrected chi connectivity index (χ4v) is 5.76. The predicted molar refractivity (Wildman–Crippen MR) is 138 cm³/mol. The zero-order valence-corrected chi connectivity index (χ0v) is 22.1. The van der Waals surface area contributed by atoms with Gasteiger partial charge in [-0.15, -0.1) is 0 Å². The van der Waals surface area contributed by atoms with Crippen LogP contribution in [0.4, 0.5) is 4.39 Å². The summed E-state index contributed by atoms with van der Waals surface area (Å²) in [4.78, 5) is 71.6. The minimum Gasteiger partial charge on any atom is -0.501 e. The molecule has 212 valence electrons. The van der Waals surface area contributed by atoms with E-state index in [-0.39, 0.29) is 43.8 Å². The van der Waals surface area contributed by atoms with E-state index in [9.17, 15) is 33.5 Å². The normalized spacial score (nSPS) is 21.8. The molecule has 0 radical (unpaired) electrons. The number of piperazine rings is 1. The topological polar surface area (TPSA) is 154 Å². The van der Waals surface area contributed by atoms with Crippen molar-refractivity contribution in [3.05, 3.63) is 57.5 Å². The molecule has 1 aromatic carbocycles. The molecule has 3 aliphatic heterocycles. The molecule has 1 saturated heterocycles. The third-order valence-electron chi connectivity index (χ3n) is 8.11. The molecule has 0 spiro atoms. The molecular weight excluding hydrogens is 523 g/mol. The summed E-state index contributed by atoms with van der Waals surface area (Å²) in [5.41, 5.74) is -1.86. The molecule has 13 heteroatoms.